The lowest BCUT2D eigenvalue weighted by Gasteiger charge is -2.18. The van der Waals surface area contributed by atoms with Gasteiger partial charge in [0, 0.05) is 19.2 Å². The Kier molecular flexibility index (Phi) is 4.49. The fraction of sp³-hybridized carbons (Fsp3) is 0.538. The second-order valence-electron chi connectivity index (χ2n) is 5.03. The second-order valence-corrected chi connectivity index (χ2v) is 5.03. The van der Waals surface area contributed by atoms with Gasteiger partial charge in [-0.05, 0) is 30.7 Å². The quantitative estimate of drug-likeness (QED) is 0.644. The molecule has 5 nitrogen and oxygen atoms in total. The number of hydrogen-bond donors (Lipinski definition) is 2. The number of nitrogens with zero attached hydrogens (tertiary/aromatic N) is 1. The maximum Gasteiger partial charge on any atom is 0.295 e. The van der Waals surface area contributed by atoms with Crippen molar-refractivity contribution in [3.8, 4) is 0 Å². The van der Waals surface area contributed by atoms with Gasteiger partial charge in [0.25, 0.3) is 5.69 Å². The summed E-state index contributed by atoms with van der Waals surface area (Å²) in [5, 5.41) is 22.7. The van der Waals surface area contributed by atoms with Crippen LogP contribution >= 0.6 is 0 Å². The molecule has 0 amide bonds. The number of aliphatic hydroxyl groups is 1. The first kappa shape index (κ1) is 14.6. The van der Waals surface area contributed by atoms with Crippen LogP contribution in [0.25, 0.3) is 0 Å². The molecule has 7 heteroatoms. The minimum Gasteiger partial charge on any atom is -0.396 e. The fourth-order valence-electron chi connectivity index (χ4n) is 2.72. The maximum absolute atomic E-state index is 13.7. The second kappa shape index (κ2) is 6.13. The van der Waals surface area contributed by atoms with Gasteiger partial charge in [-0.1, -0.05) is 6.42 Å². The van der Waals surface area contributed by atoms with Gasteiger partial charge in [0.1, 0.15) is 0 Å². The van der Waals surface area contributed by atoms with E-state index in [1.165, 1.54) is 0 Å². The molecule has 1 saturated carbocycles. The van der Waals surface area contributed by atoms with Crippen LogP contribution in [0.2, 0.25) is 0 Å². The molecule has 1 fully saturated rings. The number of nitro benzene ring substituents is 1. The number of nitrogens with one attached hydrogen (secondary N) is 1. The Morgan fingerprint density at radius 2 is 2.05 bits per heavy atom. The Bertz CT molecular complexity index is 511. The van der Waals surface area contributed by atoms with Crippen molar-refractivity contribution in [1.29, 1.82) is 0 Å². The van der Waals surface area contributed by atoms with Crippen molar-refractivity contribution in [3.63, 3.8) is 0 Å². The number of anilines is 1. The Hall–Kier alpha value is -1.76. The Balaban J connectivity index is 2.16. The Morgan fingerprint density at radius 3 is 2.70 bits per heavy atom. The summed E-state index contributed by atoms with van der Waals surface area (Å²) in [6, 6.07) is 1.68. The largest absolute Gasteiger partial charge is 0.396 e. The molecule has 2 rings (SSSR count). The van der Waals surface area contributed by atoms with Gasteiger partial charge >= 0.3 is 0 Å². The first-order valence-corrected chi connectivity index (χ1v) is 6.51. The lowest BCUT2D eigenvalue weighted by molar-refractivity contribution is -0.384. The van der Waals surface area contributed by atoms with Crippen LogP contribution in [-0.2, 0) is 0 Å². The van der Waals surface area contributed by atoms with Crippen LogP contribution in [0.4, 0.5) is 20.2 Å². The number of aliphatic hydroxyl groups excluding tert-OH is 1. The molecule has 1 aliphatic rings. The van der Waals surface area contributed by atoms with Crippen LogP contribution in [-0.4, -0.2) is 23.2 Å². The van der Waals surface area contributed by atoms with Crippen LogP contribution < -0.4 is 5.32 Å². The predicted octanol–water partition coefficient (Wildman–Crippen LogP) is 2.69. The van der Waals surface area contributed by atoms with Gasteiger partial charge < -0.3 is 10.4 Å². The van der Waals surface area contributed by atoms with E-state index in [4.69, 9.17) is 0 Å². The van der Waals surface area contributed by atoms with E-state index in [9.17, 15) is 24.0 Å². The molecular formula is C13H16F2N2O3. The van der Waals surface area contributed by atoms with Gasteiger partial charge in [-0.2, -0.15) is 0 Å². The summed E-state index contributed by atoms with van der Waals surface area (Å²) in [6.45, 7) is 0.326. The van der Waals surface area contributed by atoms with Crippen LogP contribution in [0.5, 0.6) is 0 Å². The number of nitro groups is 1. The first-order valence-electron chi connectivity index (χ1n) is 6.51. The van der Waals surface area contributed by atoms with Crippen LogP contribution in [0.15, 0.2) is 12.1 Å². The van der Waals surface area contributed by atoms with Crippen molar-refractivity contribution >= 4 is 11.4 Å². The summed E-state index contributed by atoms with van der Waals surface area (Å²) in [5.74, 6) is -2.14. The molecule has 110 valence electrons. The summed E-state index contributed by atoms with van der Waals surface area (Å²) >= 11 is 0. The molecule has 0 saturated heterocycles. The molecule has 0 aliphatic heterocycles. The highest BCUT2D eigenvalue weighted by Crippen LogP contribution is 2.34. The molecule has 2 N–H and O–H groups in total. The van der Waals surface area contributed by atoms with E-state index < -0.39 is 27.9 Å². The highest BCUT2D eigenvalue weighted by atomic mass is 19.2. The summed E-state index contributed by atoms with van der Waals surface area (Å²) in [4.78, 5) is 10.1. The van der Waals surface area contributed by atoms with Gasteiger partial charge in [-0.25, -0.2) is 8.78 Å². The van der Waals surface area contributed by atoms with Gasteiger partial charge in [0.15, 0.2) is 17.3 Å². The van der Waals surface area contributed by atoms with Crippen molar-refractivity contribution < 1.29 is 18.8 Å². The molecule has 2 unspecified atom stereocenters. The zero-order valence-corrected chi connectivity index (χ0v) is 10.8. The third-order valence-electron chi connectivity index (χ3n) is 3.86. The van der Waals surface area contributed by atoms with Crippen molar-refractivity contribution in [2.24, 2.45) is 11.8 Å². The summed E-state index contributed by atoms with van der Waals surface area (Å²) in [7, 11) is 0. The van der Waals surface area contributed by atoms with E-state index in [0.717, 1.165) is 31.4 Å². The number of hydrogen-bond acceptors (Lipinski definition) is 4. The topological polar surface area (TPSA) is 75.4 Å². The van der Waals surface area contributed by atoms with E-state index in [1.807, 2.05) is 0 Å². The number of benzene rings is 1. The molecule has 0 spiro atoms. The van der Waals surface area contributed by atoms with Gasteiger partial charge in [-0.15, -0.1) is 0 Å². The van der Waals surface area contributed by atoms with Gasteiger partial charge in [0.2, 0.25) is 0 Å². The smallest absolute Gasteiger partial charge is 0.295 e. The highest BCUT2D eigenvalue weighted by molar-refractivity contribution is 5.62. The zero-order valence-electron chi connectivity index (χ0n) is 10.8. The number of rotatable bonds is 5. The lowest BCUT2D eigenvalue weighted by Crippen LogP contribution is -2.21. The maximum atomic E-state index is 13.7. The molecule has 0 radical (unpaired) electrons. The predicted molar refractivity (Wildman–Crippen MR) is 69.4 cm³/mol. The standard InChI is InChI=1S/C13H16F2N2O3/c14-10-4-5-11(17(19)20)13(12(10)15)16-6-8-2-1-3-9(8)7-18/h4-5,8-9,16,18H,1-3,6-7H2. The summed E-state index contributed by atoms with van der Waals surface area (Å²) < 4.78 is 26.9. The lowest BCUT2D eigenvalue weighted by atomic mass is 9.97. The minimum absolute atomic E-state index is 0.0417. The van der Waals surface area contributed by atoms with E-state index in [-0.39, 0.29) is 25.0 Å². The Labute approximate surface area is 114 Å². The third kappa shape index (κ3) is 2.87. The molecule has 1 aromatic rings. The zero-order chi connectivity index (χ0) is 14.7. The van der Waals surface area contributed by atoms with Crippen molar-refractivity contribution in [2.75, 3.05) is 18.5 Å². The average molecular weight is 286 g/mol. The van der Waals surface area contributed by atoms with Crippen molar-refractivity contribution in [2.45, 2.75) is 19.3 Å². The molecule has 0 heterocycles. The van der Waals surface area contributed by atoms with E-state index in [1.54, 1.807) is 0 Å². The summed E-state index contributed by atoms with van der Waals surface area (Å²) in [5.41, 5.74) is -0.902. The molecule has 0 aromatic heterocycles. The monoisotopic (exact) mass is 286 g/mol. The number of halogens is 2. The van der Waals surface area contributed by atoms with Gasteiger partial charge in [-0.3, -0.25) is 10.1 Å². The highest BCUT2D eigenvalue weighted by Gasteiger charge is 2.28. The molecule has 0 bridgehead atoms. The summed E-state index contributed by atoms with van der Waals surface area (Å²) in [6.07, 6.45) is 2.71. The molecule has 1 aliphatic carbocycles. The molecule has 20 heavy (non-hydrogen) atoms. The minimum atomic E-state index is -1.24. The van der Waals surface area contributed by atoms with E-state index in [0.29, 0.717) is 0 Å². The van der Waals surface area contributed by atoms with Crippen LogP contribution in [0.3, 0.4) is 0 Å². The SMILES string of the molecule is O=[N+]([O-])c1ccc(F)c(F)c1NCC1CCCC1CO. The van der Waals surface area contributed by atoms with E-state index in [2.05, 4.69) is 5.32 Å². The van der Waals surface area contributed by atoms with Crippen molar-refractivity contribution in [1.82, 2.24) is 0 Å². The van der Waals surface area contributed by atoms with Crippen LogP contribution in [0, 0.1) is 33.6 Å². The normalized spacial score (nSPS) is 21.9. The molecular weight excluding hydrogens is 270 g/mol. The van der Waals surface area contributed by atoms with E-state index >= 15 is 0 Å². The average Bonchev–Trinajstić information content (AvgIpc) is 2.87. The third-order valence-corrected chi connectivity index (χ3v) is 3.86. The Morgan fingerprint density at radius 1 is 1.35 bits per heavy atom. The van der Waals surface area contributed by atoms with Crippen LogP contribution in [0.1, 0.15) is 19.3 Å². The fourth-order valence-corrected chi connectivity index (χ4v) is 2.72. The first-order chi connectivity index (χ1) is 9.54. The molecule has 2 atom stereocenters. The van der Waals surface area contributed by atoms with Crippen molar-refractivity contribution in [3.05, 3.63) is 33.9 Å². The molecule has 1 aromatic carbocycles. The van der Waals surface area contributed by atoms with Gasteiger partial charge in [0.05, 0.1) is 4.92 Å².